The van der Waals surface area contributed by atoms with E-state index in [1.54, 1.807) is 4.57 Å². The highest BCUT2D eigenvalue weighted by molar-refractivity contribution is 6.08. The second-order valence-corrected chi connectivity index (χ2v) is 3.76. The molecule has 15 heavy (non-hydrogen) atoms. The van der Waals surface area contributed by atoms with Crippen LogP contribution in [-0.4, -0.2) is 17.4 Å². The summed E-state index contributed by atoms with van der Waals surface area (Å²) in [5.41, 5.74) is 4.76. The number of hydrogen-bond acceptors (Lipinski definition) is 3. The molecule has 5 nitrogen and oxygen atoms in total. The first kappa shape index (κ1) is 9.79. The summed E-state index contributed by atoms with van der Waals surface area (Å²) in [6.07, 6.45) is 3.67. The van der Waals surface area contributed by atoms with Crippen LogP contribution < -0.4 is 15.6 Å². The number of rotatable bonds is 2. The Hall–Kier alpha value is -1.75. The molecule has 0 spiro atoms. The number of nitrogens with one attached hydrogen (secondary N) is 1. The summed E-state index contributed by atoms with van der Waals surface area (Å²) in [5.74, 6) is -0.706. The summed E-state index contributed by atoms with van der Waals surface area (Å²) >= 11 is 0. The minimum atomic E-state index is -1.11. The number of imide groups is 1. The number of carbonyl (C=O) groups is 2. The van der Waals surface area contributed by atoms with Crippen LogP contribution in [0.3, 0.4) is 0 Å². The molecular formula is C10H12N3O2+. The molecule has 1 unspecified atom stereocenters. The van der Waals surface area contributed by atoms with Crippen molar-refractivity contribution in [3.63, 3.8) is 0 Å². The molecule has 2 heterocycles. The maximum Gasteiger partial charge on any atom is 0.253 e. The lowest BCUT2D eigenvalue weighted by molar-refractivity contribution is -0.701. The van der Waals surface area contributed by atoms with Gasteiger partial charge in [-0.05, 0) is 0 Å². The van der Waals surface area contributed by atoms with Crippen LogP contribution in [0.4, 0.5) is 0 Å². The van der Waals surface area contributed by atoms with Crippen molar-refractivity contribution in [2.75, 3.05) is 0 Å². The summed E-state index contributed by atoms with van der Waals surface area (Å²) in [5, 5.41) is 2.21. The molecule has 1 aliphatic rings. The Morgan fingerprint density at radius 3 is 2.53 bits per heavy atom. The number of nitrogens with two attached hydrogens (primary N) is 1. The Bertz CT molecular complexity index is 404. The molecule has 2 rings (SSSR count). The van der Waals surface area contributed by atoms with E-state index in [1.165, 1.54) is 0 Å². The van der Waals surface area contributed by atoms with Crippen molar-refractivity contribution in [3.05, 3.63) is 30.6 Å². The first-order chi connectivity index (χ1) is 7.10. The van der Waals surface area contributed by atoms with Crippen LogP contribution in [0, 0.1) is 0 Å². The first-order valence-corrected chi connectivity index (χ1v) is 4.67. The predicted octanol–water partition coefficient (Wildman–Crippen LogP) is -1.28. The van der Waals surface area contributed by atoms with Gasteiger partial charge in [-0.1, -0.05) is 6.07 Å². The lowest BCUT2D eigenvalue weighted by atomic mass is 9.99. The summed E-state index contributed by atoms with van der Waals surface area (Å²) in [6.45, 7) is 0.311. The van der Waals surface area contributed by atoms with Gasteiger partial charge in [-0.2, -0.15) is 0 Å². The second kappa shape index (κ2) is 3.43. The van der Waals surface area contributed by atoms with Crippen LogP contribution >= 0.6 is 0 Å². The maximum absolute atomic E-state index is 11.4. The van der Waals surface area contributed by atoms with E-state index in [1.807, 2.05) is 30.6 Å². The highest BCUT2D eigenvalue weighted by Crippen LogP contribution is 2.13. The molecule has 2 amide bonds. The van der Waals surface area contributed by atoms with E-state index in [2.05, 4.69) is 5.32 Å². The molecule has 1 atom stereocenters. The topological polar surface area (TPSA) is 76.1 Å². The van der Waals surface area contributed by atoms with Crippen molar-refractivity contribution in [3.8, 4) is 0 Å². The predicted molar refractivity (Wildman–Crippen MR) is 51.3 cm³/mol. The van der Waals surface area contributed by atoms with Crippen molar-refractivity contribution >= 4 is 11.8 Å². The quantitative estimate of drug-likeness (QED) is 0.467. The molecule has 1 aromatic rings. The van der Waals surface area contributed by atoms with Crippen molar-refractivity contribution in [2.24, 2.45) is 5.73 Å². The number of amides is 2. The normalized spacial score (nSPS) is 25.4. The monoisotopic (exact) mass is 206 g/mol. The van der Waals surface area contributed by atoms with Crippen LogP contribution in [0.25, 0.3) is 0 Å². The minimum Gasteiger partial charge on any atom is -0.312 e. The summed E-state index contributed by atoms with van der Waals surface area (Å²) < 4.78 is 1.79. The molecule has 1 aliphatic heterocycles. The van der Waals surface area contributed by atoms with E-state index in [0.29, 0.717) is 6.54 Å². The Morgan fingerprint density at radius 1 is 1.33 bits per heavy atom. The molecule has 1 aromatic heterocycles. The Labute approximate surface area is 86.9 Å². The third kappa shape index (κ3) is 1.87. The molecule has 0 aliphatic carbocycles. The van der Waals surface area contributed by atoms with E-state index in [9.17, 15) is 9.59 Å². The second-order valence-electron chi connectivity index (χ2n) is 3.76. The summed E-state index contributed by atoms with van der Waals surface area (Å²) in [4.78, 5) is 22.5. The number of carbonyl (C=O) groups excluding carboxylic acids is 2. The van der Waals surface area contributed by atoms with Gasteiger partial charge in [0, 0.05) is 12.1 Å². The molecule has 3 N–H and O–H groups in total. The van der Waals surface area contributed by atoms with Crippen molar-refractivity contribution in [1.29, 1.82) is 0 Å². The fourth-order valence-corrected chi connectivity index (χ4v) is 1.66. The summed E-state index contributed by atoms with van der Waals surface area (Å²) in [6, 6.07) is 5.57. The molecule has 1 fully saturated rings. The first-order valence-electron chi connectivity index (χ1n) is 4.67. The fourth-order valence-electron chi connectivity index (χ4n) is 1.66. The molecule has 1 saturated heterocycles. The van der Waals surface area contributed by atoms with E-state index >= 15 is 0 Å². The zero-order valence-electron chi connectivity index (χ0n) is 8.14. The van der Waals surface area contributed by atoms with Crippen molar-refractivity contribution in [1.82, 2.24) is 5.32 Å². The molecule has 0 saturated carbocycles. The van der Waals surface area contributed by atoms with Crippen LogP contribution in [-0.2, 0) is 16.1 Å². The highest BCUT2D eigenvalue weighted by Gasteiger charge is 2.46. The van der Waals surface area contributed by atoms with Crippen LogP contribution in [0.15, 0.2) is 30.6 Å². The van der Waals surface area contributed by atoms with Crippen molar-refractivity contribution < 1.29 is 14.2 Å². The SMILES string of the molecule is NC1(C[n+]2ccccc2)CC(=O)NC1=O. The van der Waals surface area contributed by atoms with Gasteiger partial charge < -0.3 is 5.73 Å². The Balaban J connectivity index is 2.18. The third-order valence-corrected chi connectivity index (χ3v) is 2.42. The van der Waals surface area contributed by atoms with Gasteiger partial charge >= 0.3 is 0 Å². The van der Waals surface area contributed by atoms with Crippen LogP contribution in [0.1, 0.15) is 6.42 Å². The van der Waals surface area contributed by atoms with Gasteiger partial charge in [0.25, 0.3) is 5.91 Å². The third-order valence-electron chi connectivity index (χ3n) is 2.42. The molecule has 0 aromatic carbocycles. The Kier molecular flexibility index (Phi) is 2.24. The lowest BCUT2D eigenvalue weighted by Crippen LogP contribution is -2.57. The van der Waals surface area contributed by atoms with Gasteiger partial charge in [0.1, 0.15) is 0 Å². The average Bonchev–Trinajstić information content (AvgIpc) is 2.41. The zero-order valence-corrected chi connectivity index (χ0v) is 8.14. The van der Waals surface area contributed by atoms with Gasteiger partial charge in [0.15, 0.2) is 24.5 Å². The van der Waals surface area contributed by atoms with E-state index < -0.39 is 11.4 Å². The standard InChI is InChI=1S/C10H11N3O2/c11-10(6-8(14)12-9(10)15)7-13-4-2-1-3-5-13/h1-5H,6-7,11H2/p+1. The number of pyridine rings is 1. The van der Waals surface area contributed by atoms with Gasteiger partial charge in [-0.15, -0.1) is 0 Å². The largest absolute Gasteiger partial charge is 0.312 e. The average molecular weight is 206 g/mol. The van der Waals surface area contributed by atoms with Gasteiger partial charge in [-0.3, -0.25) is 14.9 Å². The van der Waals surface area contributed by atoms with Gasteiger partial charge in [0.2, 0.25) is 5.91 Å². The summed E-state index contributed by atoms with van der Waals surface area (Å²) in [7, 11) is 0. The smallest absolute Gasteiger partial charge is 0.253 e. The number of aromatic nitrogens is 1. The van der Waals surface area contributed by atoms with E-state index in [4.69, 9.17) is 5.73 Å². The molecule has 0 bridgehead atoms. The minimum absolute atomic E-state index is 0.0493. The number of hydrogen-bond donors (Lipinski definition) is 2. The number of nitrogens with zero attached hydrogens (tertiary/aromatic N) is 1. The highest BCUT2D eigenvalue weighted by atomic mass is 16.2. The Morgan fingerprint density at radius 2 is 2.00 bits per heavy atom. The van der Waals surface area contributed by atoms with Crippen molar-refractivity contribution in [2.45, 2.75) is 18.5 Å². The van der Waals surface area contributed by atoms with E-state index in [-0.39, 0.29) is 12.3 Å². The molecule has 78 valence electrons. The van der Waals surface area contributed by atoms with Crippen LogP contribution in [0.2, 0.25) is 0 Å². The van der Waals surface area contributed by atoms with Gasteiger partial charge in [0.05, 0.1) is 6.42 Å². The zero-order chi connectivity index (χ0) is 10.9. The molecule has 5 heteroatoms. The lowest BCUT2D eigenvalue weighted by Gasteiger charge is -2.14. The molecule has 0 radical (unpaired) electrons. The fraction of sp³-hybridized carbons (Fsp3) is 0.300. The van der Waals surface area contributed by atoms with E-state index in [0.717, 1.165) is 0 Å². The van der Waals surface area contributed by atoms with Crippen LogP contribution in [0.5, 0.6) is 0 Å². The molecular weight excluding hydrogens is 194 g/mol. The van der Waals surface area contributed by atoms with Gasteiger partial charge in [-0.25, -0.2) is 4.57 Å². The maximum atomic E-state index is 11.4.